The first-order valence-corrected chi connectivity index (χ1v) is 7.95. The molecule has 0 aromatic heterocycles. The van der Waals surface area contributed by atoms with Gasteiger partial charge in [-0.3, -0.25) is 0 Å². The fourth-order valence-electron chi connectivity index (χ4n) is 2.63. The predicted molar refractivity (Wildman–Crippen MR) is 96.6 cm³/mol. The van der Waals surface area contributed by atoms with Crippen LogP contribution >= 0.6 is 0 Å². The summed E-state index contributed by atoms with van der Waals surface area (Å²) in [5.41, 5.74) is 0.442. The van der Waals surface area contributed by atoms with Crippen LogP contribution in [0.15, 0.2) is 84.9 Å². The normalized spacial score (nSPS) is 9.78. The van der Waals surface area contributed by atoms with Crippen molar-refractivity contribution in [2.24, 2.45) is 0 Å². The van der Waals surface area contributed by atoms with E-state index in [9.17, 15) is 19.8 Å². The predicted octanol–water partition coefficient (Wildman–Crippen LogP) is 2.40. The Kier molecular flexibility index (Phi) is 6.72. The van der Waals surface area contributed by atoms with Crippen LogP contribution in [0, 0.1) is 0 Å². The van der Waals surface area contributed by atoms with Gasteiger partial charge in [-0.25, -0.2) is 0 Å². The first-order valence-electron chi connectivity index (χ1n) is 7.95. The average molecular weight is 397 g/mol. The third-order valence-corrected chi connectivity index (χ3v) is 3.97. The minimum atomic E-state index is -1.13. The smallest absolute Gasteiger partial charge is 0.545 e. The van der Waals surface area contributed by atoms with Crippen LogP contribution in [0.25, 0.3) is 21.5 Å². The van der Waals surface area contributed by atoms with Crippen molar-refractivity contribution in [3.8, 4) is 0 Å². The van der Waals surface area contributed by atoms with Crippen molar-refractivity contribution in [2.75, 3.05) is 0 Å². The molecule has 4 aromatic rings. The molecule has 4 aromatic carbocycles. The number of benzene rings is 4. The van der Waals surface area contributed by atoms with Gasteiger partial charge in [-0.15, -0.1) is 0 Å². The third-order valence-electron chi connectivity index (χ3n) is 3.97. The van der Waals surface area contributed by atoms with Crippen molar-refractivity contribution in [1.82, 2.24) is 0 Å². The van der Waals surface area contributed by atoms with Gasteiger partial charge in [0.15, 0.2) is 0 Å². The molecule has 0 fully saturated rings. The SMILES string of the molecule is O=C([O-])c1ccc2ccccc2c1.O=C([O-])c1ccc2ccccc2c1.[Mn+2]. The molecule has 0 unspecified atom stereocenters. The summed E-state index contributed by atoms with van der Waals surface area (Å²) >= 11 is 0. The fraction of sp³-hybridized carbons (Fsp3) is 0. The Hall–Kier alpha value is -3.14. The van der Waals surface area contributed by atoms with Crippen LogP contribution in [0.4, 0.5) is 0 Å². The van der Waals surface area contributed by atoms with Gasteiger partial charge in [-0.2, -0.15) is 0 Å². The maximum Gasteiger partial charge on any atom is 2.00 e. The minimum Gasteiger partial charge on any atom is -0.545 e. The zero-order valence-corrected chi connectivity index (χ0v) is 15.3. The number of carboxylic acids is 2. The molecule has 0 saturated carbocycles. The number of fused-ring (bicyclic) bond motifs is 2. The van der Waals surface area contributed by atoms with E-state index in [1.807, 2.05) is 48.5 Å². The second-order valence-electron chi connectivity index (χ2n) is 5.70. The fourth-order valence-corrected chi connectivity index (χ4v) is 2.63. The molecule has 0 atom stereocenters. The number of aromatic carboxylic acids is 2. The molecular formula is C22H14MnO4. The molecule has 0 N–H and O–H groups in total. The summed E-state index contributed by atoms with van der Waals surface area (Å²) in [5, 5.41) is 25.0. The molecule has 0 aliphatic carbocycles. The monoisotopic (exact) mass is 397 g/mol. The average Bonchev–Trinajstić information content (AvgIpc) is 2.67. The summed E-state index contributed by atoms with van der Waals surface area (Å²) in [4.78, 5) is 21.1. The van der Waals surface area contributed by atoms with Crippen LogP contribution in [0.2, 0.25) is 0 Å². The van der Waals surface area contributed by atoms with Crippen LogP contribution in [0.5, 0.6) is 0 Å². The third kappa shape index (κ3) is 4.94. The van der Waals surface area contributed by atoms with Crippen LogP contribution in [0.1, 0.15) is 20.7 Å². The van der Waals surface area contributed by atoms with Gasteiger partial charge in [0.2, 0.25) is 0 Å². The van der Waals surface area contributed by atoms with Gasteiger partial charge >= 0.3 is 17.1 Å². The van der Waals surface area contributed by atoms with E-state index < -0.39 is 11.9 Å². The Bertz CT molecular complexity index is 1020. The Balaban J connectivity index is 0.000000187. The van der Waals surface area contributed by atoms with Gasteiger partial charge in [-0.05, 0) is 44.8 Å². The van der Waals surface area contributed by atoms with E-state index in [4.69, 9.17) is 0 Å². The second-order valence-corrected chi connectivity index (χ2v) is 5.70. The number of hydrogen-bond acceptors (Lipinski definition) is 4. The first kappa shape index (κ1) is 20.2. The molecule has 1 radical (unpaired) electrons. The molecule has 0 spiro atoms. The Labute approximate surface area is 166 Å². The second kappa shape index (κ2) is 8.99. The summed E-state index contributed by atoms with van der Waals surface area (Å²) in [5.74, 6) is -2.27. The topological polar surface area (TPSA) is 80.3 Å². The van der Waals surface area contributed by atoms with Gasteiger partial charge in [-0.1, -0.05) is 72.8 Å². The quantitative estimate of drug-likeness (QED) is 0.487. The summed E-state index contributed by atoms with van der Waals surface area (Å²) < 4.78 is 0. The van der Waals surface area contributed by atoms with E-state index in [-0.39, 0.29) is 28.2 Å². The molecule has 0 heterocycles. The summed E-state index contributed by atoms with van der Waals surface area (Å²) in [6, 6.07) is 25.1. The Morgan fingerprint density at radius 2 is 0.852 bits per heavy atom. The summed E-state index contributed by atoms with van der Waals surface area (Å²) in [6.45, 7) is 0. The van der Waals surface area contributed by atoms with Gasteiger partial charge in [0.25, 0.3) is 0 Å². The molecule has 27 heavy (non-hydrogen) atoms. The van der Waals surface area contributed by atoms with Crippen molar-refractivity contribution < 1.29 is 36.9 Å². The molecule has 0 saturated heterocycles. The van der Waals surface area contributed by atoms with E-state index >= 15 is 0 Å². The number of hydrogen-bond donors (Lipinski definition) is 0. The van der Waals surface area contributed by atoms with Crippen molar-refractivity contribution in [2.45, 2.75) is 0 Å². The van der Waals surface area contributed by atoms with E-state index in [0.29, 0.717) is 0 Å². The van der Waals surface area contributed by atoms with Crippen LogP contribution < -0.4 is 10.2 Å². The Morgan fingerprint density at radius 1 is 0.519 bits per heavy atom. The molecule has 133 valence electrons. The molecule has 0 amide bonds. The first-order chi connectivity index (χ1) is 12.5. The van der Waals surface area contributed by atoms with Gasteiger partial charge in [0.1, 0.15) is 0 Å². The van der Waals surface area contributed by atoms with Crippen LogP contribution in [-0.2, 0) is 17.1 Å². The summed E-state index contributed by atoms with van der Waals surface area (Å²) in [7, 11) is 0. The van der Waals surface area contributed by atoms with E-state index in [1.54, 1.807) is 36.4 Å². The number of carbonyl (C=O) groups is 2. The molecule has 0 aliphatic heterocycles. The van der Waals surface area contributed by atoms with Gasteiger partial charge in [0, 0.05) is 0 Å². The van der Waals surface area contributed by atoms with E-state index in [1.165, 1.54) is 0 Å². The minimum absolute atomic E-state index is 0. The maximum atomic E-state index is 10.5. The molecule has 4 rings (SSSR count). The molecule has 0 bridgehead atoms. The zero-order valence-electron chi connectivity index (χ0n) is 14.1. The number of carbonyl (C=O) groups excluding carboxylic acids is 2. The number of carboxylic acid groups (broad SMARTS) is 2. The van der Waals surface area contributed by atoms with Crippen molar-refractivity contribution in [1.29, 1.82) is 0 Å². The Morgan fingerprint density at radius 3 is 1.19 bits per heavy atom. The molecule has 4 nitrogen and oxygen atoms in total. The molecule has 5 heteroatoms. The maximum absolute atomic E-state index is 10.5. The van der Waals surface area contributed by atoms with Crippen LogP contribution in [0.3, 0.4) is 0 Å². The summed E-state index contributed by atoms with van der Waals surface area (Å²) in [6.07, 6.45) is 0. The molecular weight excluding hydrogens is 383 g/mol. The van der Waals surface area contributed by atoms with Crippen molar-refractivity contribution in [3.05, 3.63) is 96.1 Å². The van der Waals surface area contributed by atoms with E-state index in [2.05, 4.69) is 0 Å². The van der Waals surface area contributed by atoms with Gasteiger partial charge < -0.3 is 19.8 Å². The standard InChI is InChI=1S/2C11H8O2.Mn/c2*12-11(13)10-6-5-8-3-1-2-4-9(8)7-10;/h2*1-7H,(H,12,13);/q;;+2/p-2. The van der Waals surface area contributed by atoms with E-state index in [0.717, 1.165) is 21.5 Å². The molecule has 0 aliphatic rings. The largest absolute Gasteiger partial charge is 2.00 e. The zero-order chi connectivity index (χ0) is 18.5. The van der Waals surface area contributed by atoms with Crippen molar-refractivity contribution in [3.63, 3.8) is 0 Å². The number of rotatable bonds is 2. The van der Waals surface area contributed by atoms with Crippen molar-refractivity contribution >= 4 is 33.5 Å². The van der Waals surface area contributed by atoms with Crippen LogP contribution in [-0.4, -0.2) is 11.9 Å². The van der Waals surface area contributed by atoms with Gasteiger partial charge in [0.05, 0.1) is 11.9 Å².